The number of ether oxygens (including phenoxy) is 3. The Kier molecular flexibility index (Phi) is 6.97. The first-order chi connectivity index (χ1) is 14.9. The van der Waals surface area contributed by atoms with Crippen LogP contribution in [0.25, 0.3) is 5.76 Å². The zero-order chi connectivity index (χ0) is 22.5. The topological polar surface area (TPSA) is 85.3 Å². The summed E-state index contributed by atoms with van der Waals surface area (Å²) in [6.45, 7) is 4.28. The summed E-state index contributed by atoms with van der Waals surface area (Å²) in [4.78, 5) is 27.2. The van der Waals surface area contributed by atoms with Gasteiger partial charge in [-0.05, 0) is 44.2 Å². The van der Waals surface area contributed by atoms with Crippen molar-refractivity contribution in [1.82, 2.24) is 4.90 Å². The van der Waals surface area contributed by atoms with Gasteiger partial charge >= 0.3 is 0 Å². The number of rotatable bonds is 8. The van der Waals surface area contributed by atoms with Gasteiger partial charge in [0.2, 0.25) is 0 Å². The Morgan fingerprint density at radius 3 is 2.35 bits per heavy atom. The quantitative estimate of drug-likeness (QED) is 0.396. The van der Waals surface area contributed by atoms with Crippen molar-refractivity contribution in [3.63, 3.8) is 0 Å². The molecule has 1 fully saturated rings. The van der Waals surface area contributed by atoms with E-state index in [4.69, 9.17) is 14.2 Å². The number of para-hydroxylation sites is 1. The van der Waals surface area contributed by atoms with Gasteiger partial charge in [0.05, 0.1) is 31.4 Å². The first kappa shape index (κ1) is 22.4. The van der Waals surface area contributed by atoms with Crippen LogP contribution in [0.3, 0.4) is 0 Å². The van der Waals surface area contributed by atoms with Crippen LogP contribution in [-0.2, 0) is 14.3 Å². The van der Waals surface area contributed by atoms with Gasteiger partial charge in [-0.2, -0.15) is 0 Å². The Hall–Kier alpha value is -3.32. The molecular weight excluding hydrogens is 398 g/mol. The summed E-state index contributed by atoms with van der Waals surface area (Å²) in [5.74, 6) is -0.511. The summed E-state index contributed by atoms with van der Waals surface area (Å²) in [7, 11) is 3.04. The minimum absolute atomic E-state index is 0.0103. The number of amides is 1. The van der Waals surface area contributed by atoms with Crippen LogP contribution in [0.4, 0.5) is 0 Å². The molecule has 0 bridgehead atoms. The number of benzene rings is 2. The lowest BCUT2D eigenvalue weighted by Crippen LogP contribution is -2.32. The van der Waals surface area contributed by atoms with Gasteiger partial charge in [0.15, 0.2) is 0 Å². The second kappa shape index (κ2) is 9.66. The average Bonchev–Trinajstić information content (AvgIpc) is 3.01. The maximum Gasteiger partial charge on any atom is 0.295 e. The van der Waals surface area contributed by atoms with E-state index in [0.717, 1.165) is 0 Å². The third kappa shape index (κ3) is 4.56. The third-order valence-electron chi connectivity index (χ3n) is 5.01. The molecule has 1 aliphatic rings. The van der Waals surface area contributed by atoms with E-state index in [9.17, 15) is 14.7 Å². The lowest BCUT2D eigenvalue weighted by molar-refractivity contribution is -0.140. The number of ketones is 1. The molecule has 1 N–H and O–H groups in total. The van der Waals surface area contributed by atoms with Crippen LogP contribution in [0.15, 0.2) is 54.1 Å². The number of methoxy groups -OCH3 is 2. The van der Waals surface area contributed by atoms with Crippen molar-refractivity contribution in [3.8, 4) is 11.5 Å². The Labute approximate surface area is 181 Å². The third-order valence-corrected chi connectivity index (χ3v) is 5.01. The summed E-state index contributed by atoms with van der Waals surface area (Å²) < 4.78 is 16.2. The number of hydrogen-bond acceptors (Lipinski definition) is 6. The highest BCUT2D eigenvalue weighted by Gasteiger charge is 2.46. The number of aliphatic hydroxyl groups is 1. The second-order valence-electron chi connectivity index (χ2n) is 7.42. The van der Waals surface area contributed by atoms with Gasteiger partial charge in [-0.25, -0.2) is 0 Å². The number of Topliss-reactive ketones (excluding diaryl/α,β-unsaturated/α-hetero) is 1. The van der Waals surface area contributed by atoms with E-state index in [1.807, 2.05) is 13.8 Å². The first-order valence-corrected chi connectivity index (χ1v) is 10.1. The number of hydrogen-bond donors (Lipinski definition) is 1. The zero-order valence-electron chi connectivity index (χ0n) is 18.1. The van der Waals surface area contributed by atoms with E-state index in [2.05, 4.69) is 0 Å². The van der Waals surface area contributed by atoms with Crippen molar-refractivity contribution in [2.45, 2.75) is 26.0 Å². The van der Waals surface area contributed by atoms with Crippen LogP contribution in [-0.4, -0.2) is 55.2 Å². The van der Waals surface area contributed by atoms with Gasteiger partial charge in [-0.1, -0.05) is 18.2 Å². The van der Waals surface area contributed by atoms with Gasteiger partial charge < -0.3 is 24.2 Å². The van der Waals surface area contributed by atoms with Gasteiger partial charge in [-0.3, -0.25) is 9.59 Å². The fourth-order valence-electron chi connectivity index (χ4n) is 3.63. The van der Waals surface area contributed by atoms with Gasteiger partial charge in [0.25, 0.3) is 11.7 Å². The van der Waals surface area contributed by atoms with E-state index in [-0.39, 0.29) is 30.6 Å². The number of carbonyl (C=O) groups excluding carboxylic acids is 2. The first-order valence-electron chi connectivity index (χ1n) is 10.1. The maximum absolute atomic E-state index is 13.0. The molecule has 0 aliphatic carbocycles. The molecule has 31 heavy (non-hydrogen) atoms. The van der Waals surface area contributed by atoms with Crippen molar-refractivity contribution in [3.05, 3.63) is 65.2 Å². The minimum atomic E-state index is -0.794. The summed E-state index contributed by atoms with van der Waals surface area (Å²) >= 11 is 0. The Morgan fingerprint density at radius 1 is 1.06 bits per heavy atom. The molecule has 3 rings (SSSR count). The van der Waals surface area contributed by atoms with Gasteiger partial charge in [-0.15, -0.1) is 0 Å². The lowest BCUT2D eigenvalue weighted by Gasteiger charge is -2.26. The predicted molar refractivity (Wildman–Crippen MR) is 116 cm³/mol. The summed E-state index contributed by atoms with van der Waals surface area (Å²) in [5, 5.41) is 11.1. The van der Waals surface area contributed by atoms with Crippen molar-refractivity contribution >= 4 is 17.4 Å². The van der Waals surface area contributed by atoms with Crippen LogP contribution in [0.5, 0.6) is 11.5 Å². The number of likely N-dealkylation sites (tertiary alicyclic amines) is 1. The van der Waals surface area contributed by atoms with Crippen LogP contribution in [0.1, 0.15) is 31.0 Å². The smallest absolute Gasteiger partial charge is 0.295 e. The Morgan fingerprint density at radius 2 is 1.74 bits per heavy atom. The molecule has 164 valence electrons. The normalized spacial score (nSPS) is 18.0. The maximum atomic E-state index is 13.0. The van der Waals surface area contributed by atoms with E-state index in [1.54, 1.807) is 48.5 Å². The zero-order valence-corrected chi connectivity index (χ0v) is 18.1. The van der Waals surface area contributed by atoms with Crippen LogP contribution in [0, 0.1) is 0 Å². The summed E-state index contributed by atoms with van der Waals surface area (Å²) in [5.41, 5.74) is 1.05. The highest BCUT2D eigenvalue weighted by Crippen LogP contribution is 2.42. The molecule has 2 aromatic carbocycles. The molecule has 7 heteroatoms. The predicted octanol–water partition coefficient (Wildman–Crippen LogP) is 3.55. The molecule has 1 atom stereocenters. The molecule has 0 spiro atoms. The lowest BCUT2D eigenvalue weighted by atomic mass is 9.94. The fourth-order valence-corrected chi connectivity index (χ4v) is 3.63. The second-order valence-corrected chi connectivity index (χ2v) is 7.42. The molecule has 2 aromatic rings. The number of aliphatic hydroxyl groups excluding tert-OH is 1. The van der Waals surface area contributed by atoms with Crippen LogP contribution < -0.4 is 9.47 Å². The van der Waals surface area contributed by atoms with Gasteiger partial charge in [0.1, 0.15) is 17.3 Å². The molecule has 0 radical (unpaired) electrons. The number of nitrogens with zero attached hydrogens (tertiary/aromatic N) is 1. The van der Waals surface area contributed by atoms with Crippen LogP contribution >= 0.6 is 0 Å². The largest absolute Gasteiger partial charge is 0.507 e. The Bertz CT molecular complexity index is 980. The molecule has 1 unspecified atom stereocenters. The van der Waals surface area contributed by atoms with Gasteiger partial charge in [0, 0.05) is 24.8 Å². The fraction of sp³-hybridized carbons (Fsp3) is 0.333. The van der Waals surface area contributed by atoms with E-state index < -0.39 is 17.7 Å². The van der Waals surface area contributed by atoms with E-state index >= 15 is 0 Å². The van der Waals surface area contributed by atoms with E-state index in [0.29, 0.717) is 22.6 Å². The average molecular weight is 425 g/mol. The summed E-state index contributed by atoms with van der Waals surface area (Å²) in [6, 6.07) is 13.1. The molecule has 1 heterocycles. The molecule has 1 amide bonds. The molecule has 1 saturated heterocycles. The minimum Gasteiger partial charge on any atom is -0.507 e. The summed E-state index contributed by atoms with van der Waals surface area (Å²) in [6.07, 6.45) is 0.0103. The molecule has 1 aliphatic heterocycles. The molecule has 0 aromatic heterocycles. The van der Waals surface area contributed by atoms with Crippen LogP contribution in [0.2, 0.25) is 0 Å². The van der Waals surface area contributed by atoms with Crippen molar-refractivity contribution < 1.29 is 28.9 Å². The van der Waals surface area contributed by atoms with E-state index in [1.165, 1.54) is 19.1 Å². The molecule has 7 nitrogen and oxygen atoms in total. The van der Waals surface area contributed by atoms with Crippen molar-refractivity contribution in [1.29, 1.82) is 0 Å². The monoisotopic (exact) mass is 425 g/mol. The standard InChI is InChI=1S/C24H27NO6/c1-15(2)31-17-11-9-16(10-12-17)22(26)20-21(18-7-5-6-8-19(18)30-4)25(13-14-29-3)24(28)23(20)27/h5-12,15,21,26H,13-14H2,1-4H3/b22-20-. The SMILES string of the molecule is COCCN1C(=O)C(=O)/C(=C(\O)c2ccc(OC(C)C)cc2)C1c1ccccc1OC. The highest BCUT2D eigenvalue weighted by atomic mass is 16.5. The number of carbonyl (C=O) groups is 2. The highest BCUT2D eigenvalue weighted by molar-refractivity contribution is 6.46. The molecule has 0 saturated carbocycles. The molecular formula is C24H27NO6. The van der Waals surface area contributed by atoms with Crippen molar-refractivity contribution in [2.24, 2.45) is 0 Å². The Balaban J connectivity index is 2.12. The van der Waals surface area contributed by atoms with Crippen molar-refractivity contribution in [2.75, 3.05) is 27.4 Å².